The Morgan fingerprint density at radius 3 is 2.35 bits per heavy atom. The quantitative estimate of drug-likeness (QED) is 0.714. The van der Waals surface area contributed by atoms with Crippen molar-refractivity contribution in [1.82, 2.24) is 15.1 Å². The molecule has 4 amide bonds. The zero-order valence-corrected chi connectivity index (χ0v) is 16.7. The second-order valence-electron chi connectivity index (χ2n) is 6.45. The van der Waals surface area contributed by atoms with Gasteiger partial charge in [0, 0.05) is 28.7 Å². The fraction of sp³-hybridized carbons (Fsp3) is 0.500. The lowest BCUT2D eigenvalue weighted by Crippen LogP contribution is -2.45. The highest BCUT2D eigenvalue weighted by atomic mass is 35.5. The van der Waals surface area contributed by atoms with Crippen LogP contribution in [0.5, 0.6) is 0 Å². The third-order valence-electron chi connectivity index (χ3n) is 4.38. The van der Waals surface area contributed by atoms with E-state index in [4.69, 9.17) is 23.2 Å². The van der Waals surface area contributed by atoms with Gasteiger partial charge in [-0.05, 0) is 31.9 Å². The summed E-state index contributed by atoms with van der Waals surface area (Å²) in [5.41, 5.74) is -0.893. The summed E-state index contributed by atoms with van der Waals surface area (Å²) in [6, 6.07) is 4.12. The van der Waals surface area contributed by atoms with E-state index in [1.54, 1.807) is 24.0 Å². The Kier molecular flexibility index (Phi) is 6.53. The van der Waals surface area contributed by atoms with Crippen molar-refractivity contribution in [1.29, 1.82) is 0 Å². The summed E-state index contributed by atoms with van der Waals surface area (Å²) in [5.74, 6) is -0.753. The van der Waals surface area contributed by atoms with E-state index in [-0.39, 0.29) is 17.5 Å². The van der Waals surface area contributed by atoms with E-state index in [1.807, 2.05) is 13.8 Å². The summed E-state index contributed by atoms with van der Waals surface area (Å²) in [5, 5.41) is 3.36. The molecular weight excluding hydrogens is 377 g/mol. The third-order valence-corrected chi connectivity index (χ3v) is 4.93. The van der Waals surface area contributed by atoms with Gasteiger partial charge in [-0.25, -0.2) is 4.79 Å². The number of nitrogens with zero attached hydrogens (tertiary/aromatic N) is 2. The summed E-state index contributed by atoms with van der Waals surface area (Å²) in [6.45, 7) is 6.42. The standard InChI is InChI=1S/C18H23Cl2N3O3/c1-4-8-22(9-5-2)15(24)11-23-16(25)18(3,21-17(23)26)13-7-6-12(19)10-14(13)20/h6-7,10H,4-5,8-9,11H2,1-3H3,(H,21,26)/t18-/m0/s1. The SMILES string of the molecule is CCCN(CCC)C(=O)CN1C(=O)N[C@@](C)(c2ccc(Cl)cc2Cl)C1=O. The van der Waals surface area contributed by atoms with Gasteiger partial charge in [-0.2, -0.15) is 0 Å². The molecule has 8 heteroatoms. The number of carbonyl (C=O) groups excluding carboxylic acids is 3. The summed E-state index contributed by atoms with van der Waals surface area (Å²) in [4.78, 5) is 40.5. The molecule has 26 heavy (non-hydrogen) atoms. The molecule has 1 aromatic carbocycles. The number of rotatable bonds is 7. The zero-order valence-electron chi connectivity index (χ0n) is 15.1. The topological polar surface area (TPSA) is 69.7 Å². The first-order valence-corrected chi connectivity index (χ1v) is 9.37. The van der Waals surface area contributed by atoms with Crippen molar-refractivity contribution in [3.05, 3.63) is 33.8 Å². The highest BCUT2D eigenvalue weighted by molar-refractivity contribution is 6.35. The van der Waals surface area contributed by atoms with Gasteiger partial charge in [0.05, 0.1) is 0 Å². The first-order chi connectivity index (χ1) is 12.2. The smallest absolute Gasteiger partial charge is 0.325 e. The van der Waals surface area contributed by atoms with E-state index >= 15 is 0 Å². The molecule has 0 bridgehead atoms. The minimum Gasteiger partial charge on any atom is -0.341 e. The Balaban J connectivity index is 2.24. The number of amides is 4. The summed E-state index contributed by atoms with van der Waals surface area (Å²) < 4.78 is 0. The molecule has 0 spiro atoms. The summed E-state index contributed by atoms with van der Waals surface area (Å²) >= 11 is 12.1. The Hall–Kier alpha value is -1.79. The molecule has 6 nitrogen and oxygen atoms in total. The molecule has 0 aromatic heterocycles. The van der Waals surface area contributed by atoms with Crippen LogP contribution in [0, 0.1) is 0 Å². The van der Waals surface area contributed by atoms with Crippen molar-refractivity contribution < 1.29 is 14.4 Å². The van der Waals surface area contributed by atoms with Crippen LogP contribution in [0.3, 0.4) is 0 Å². The highest BCUT2D eigenvalue weighted by Crippen LogP contribution is 2.34. The normalized spacial score (nSPS) is 19.7. The van der Waals surface area contributed by atoms with Gasteiger partial charge in [0.2, 0.25) is 5.91 Å². The monoisotopic (exact) mass is 399 g/mol. The fourth-order valence-corrected chi connectivity index (χ4v) is 3.65. The number of urea groups is 1. The first-order valence-electron chi connectivity index (χ1n) is 8.62. The fourth-order valence-electron chi connectivity index (χ4n) is 3.05. The van der Waals surface area contributed by atoms with Crippen LogP contribution < -0.4 is 5.32 Å². The van der Waals surface area contributed by atoms with Crippen molar-refractivity contribution >= 4 is 41.0 Å². The molecule has 1 atom stereocenters. The average Bonchev–Trinajstić information content (AvgIpc) is 2.78. The molecule has 1 N–H and O–H groups in total. The second kappa shape index (κ2) is 8.27. The number of hydrogen-bond acceptors (Lipinski definition) is 3. The maximum Gasteiger partial charge on any atom is 0.325 e. The molecule has 1 saturated heterocycles. The number of halogens is 2. The minimum atomic E-state index is -1.33. The van der Waals surface area contributed by atoms with Crippen molar-refractivity contribution in [2.24, 2.45) is 0 Å². The molecule has 1 aliphatic heterocycles. The van der Waals surface area contributed by atoms with Gasteiger partial charge in [-0.15, -0.1) is 0 Å². The predicted molar refractivity (Wildman–Crippen MR) is 101 cm³/mol. The molecule has 0 saturated carbocycles. The Morgan fingerprint density at radius 1 is 1.19 bits per heavy atom. The van der Waals surface area contributed by atoms with Gasteiger partial charge >= 0.3 is 6.03 Å². The van der Waals surface area contributed by atoms with Crippen LogP contribution in [0.4, 0.5) is 4.79 Å². The maximum atomic E-state index is 12.9. The Morgan fingerprint density at radius 2 is 1.81 bits per heavy atom. The molecule has 1 aliphatic rings. The van der Waals surface area contributed by atoms with E-state index in [9.17, 15) is 14.4 Å². The van der Waals surface area contributed by atoms with E-state index in [0.29, 0.717) is 23.7 Å². The molecular formula is C18H23Cl2N3O3. The van der Waals surface area contributed by atoms with Crippen LogP contribution in [0.15, 0.2) is 18.2 Å². The lowest BCUT2D eigenvalue weighted by Gasteiger charge is -2.25. The van der Waals surface area contributed by atoms with Crippen LogP contribution in [-0.4, -0.2) is 47.3 Å². The number of imide groups is 1. The van der Waals surface area contributed by atoms with E-state index in [1.165, 1.54) is 6.07 Å². The summed E-state index contributed by atoms with van der Waals surface area (Å²) in [6.07, 6.45) is 1.62. The van der Waals surface area contributed by atoms with Gasteiger partial charge in [-0.1, -0.05) is 43.1 Å². The van der Waals surface area contributed by atoms with Gasteiger partial charge in [0.1, 0.15) is 12.1 Å². The molecule has 0 unspecified atom stereocenters. The minimum absolute atomic E-state index is 0.247. The van der Waals surface area contributed by atoms with Crippen molar-refractivity contribution in [2.45, 2.75) is 39.2 Å². The van der Waals surface area contributed by atoms with Crippen LogP contribution >= 0.6 is 23.2 Å². The predicted octanol–water partition coefficient (Wildman–Crippen LogP) is 3.41. The lowest BCUT2D eigenvalue weighted by molar-refractivity contribution is -0.139. The average molecular weight is 400 g/mol. The number of carbonyl (C=O) groups is 3. The number of nitrogens with one attached hydrogen (secondary N) is 1. The van der Waals surface area contributed by atoms with E-state index in [0.717, 1.165) is 17.7 Å². The number of benzene rings is 1. The van der Waals surface area contributed by atoms with Gasteiger partial charge < -0.3 is 10.2 Å². The van der Waals surface area contributed by atoms with Crippen molar-refractivity contribution in [3.63, 3.8) is 0 Å². The van der Waals surface area contributed by atoms with Crippen LogP contribution in [0.2, 0.25) is 10.0 Å². The van der Waals surface area contributed by atoms with Gasteiger partial charge in [0.15, 0.2) is 0 Å². The third kappa shape index (κ3) is 3.96. The second-order valence-corrected chi connectivity index (χ2v) is 7.30. The zero-order chi connectivity index (χ0) is 19.5. The lowest BCUT2D eigenvalue weighted by atomic mass is 9.92. The van der Waals surface area contributed by atoms with Gasteiger partial charge in [-0.3, -0.25) is 14.5 Å². The first kappa shape index (κ1) is 20.5. The number of hydrogen-bond donors (Lipinski definition) is 1. The molecule has 0 aliphatic carbocycles. The molecule has 1 aromatic rings. The van der Waals surface area contributed by atoms with Crippen LogP contribution in [-0.2, 0) is 15.1 Å². The molecule has 142 valence electrons. The molecule has 1 fully saturated rings. The molecule has 0 radical (unpaired) electrons. The highest BCUT2D eigenvalue weighted by Gasteiger charge is 2.50. The van der Waals surface area contributed by atoms with Crippen molar-refractivity contribution in [3.8, 4) is 0 Å². The Labute approximate surface area is 163 Å². The summed E-state index contributed by atoms with van der Waals surface area (Å²) in [7, 11) is 0. The van der Waals surface area contributed by atoms with Crippen LogP contribution in [0.25, 0.3) is 0 Å². The largest absolute Gasteiger partial charge is 0.341 e. The maximum absolute atomic E-state index is 12.9. The molecule has 2 rings (SSSR count). The van der Waals surface area contributed by atoms with E-state index < -0.39 is 17.5 Å². The van der Waals surface area contributed by atoms with Crippen LogP contribution in [0.1, 0.15) is 39.2 Å². The van der Waals surface area contributed by atoms with Gasteiger partial charge in [0.25, 0.3) is 5.91 Å². The van der Waals surface area contributed by atoms with E-state index in [2.05, 4.69) is 5.32 Å². The van der Waals surface area contributed by atoms with Crippen molar-refractivity contribution in [2.75, 3.05) is 19.6 Å². The molecule has 1 heterocycles. The Bertz CT molecular complexity index is 720.